The molecule has 130 valence electrons. The number of rotatable bonds is 5. The average Bonchev–Trinajstić information content (AvgIpc) is 3.28. The lowest BCUT2D eigenvalue weighted by molar-refractivity contribution is 0.0892. The van der Waals surface area contributed by atoms with E-state index >= 15 is 0 Å². The van der Waals surface area contributed by atoms with Gasteiger partial charge in [0.1, 0.15) is 0 Å². The number of hydrogen-bond donors (Lipinski definition) is 0. The highest BCUT2D eigenvalue weighted by Gasteiger charge is 2.24. The lowest BCUT2D eigenvalue weighted by Gasteiger charge is -2.19. The van der Waals surface area contributed by atoms with E-state index in [4.69, 9.17) is 18.9 Å². The normalized spacial score (nSPS) is 16.6. The third kappa shape index (κ3) is 3.02. The summed E-state index contributed by atoms with van der Waals surface area (Å²) < 4.78 is 21.4. The van der Waals surface area contributed by atoms with E-state index in [0.29, 0.717) is 17.1 Å². The second-order valence-electron chi connectivity index (χ2n) is 6.59. The number of ketones is 1. The second kappa shape index (κ2) is 6.31. The zero-order valence-electron chi connectivity index (χ0n) is 14.3. The largest absolute Gasteiger partial charge is 0.454 e. The van der Waals surface area contributed by atoms with Crippen molar-refractivity contribution in [2.24, 2.45) is 11.8 Å². The Kier molecular flexibility index (Phi) is 3.99. The van der Waals surface area contributed by atoms with Crippen molar-refractivity contribution in [1.29, 1.82) is 0 Å². The van der Waals surface area contributed by atoms with Gasteiger partial charge in [-0.25, -0.2) is 0 Å². The van der Waals surface area contributed by atoms with E-state index in [1.165, 1.54) is 0 Å². The zero-order chi connectivity index (χ0) is 17.4. The minimum Gasteiger partial charge on any atom is -0.454 e. The molecule has 2 aromatic rings. The number of Topliss-reactive ketones (excluding diaryl/α,β-unsaturated/α-hetero) is 1. The Morgan fingerprint density at radius 2 is 1.48 bits per heavy atom. The highest BCUT2D eigenvalue weighted by Crippen LogP contribution is 2.35. The van der Waals surface area contributed by atoms with Crippen LogP contribution >= 0.6 is 0 Å². The third-order valence-electron chi connectivity index (χ3n) is 4.92. The smallest absolute Gasteiger partial charge is 0.231 e. The van der Waals surface area contributed by atoms with Crippen LogP contribution in [0.5, 0.6) is 23.0 Å². The molecule has 2 unspecified atom stereocenters. The highest BCUT2D eigenvalue weighted by molar-refractivity contribution is 5.98. The summed E-state index contributed by atoms with van der Waals surface area (Å²) in [6, 6.07) is 11.3. The average molecular weight is 340 g/mol. The fourth-order valence-electron chi connectivity index (χ4n) is 3.19. The van der Waals surface area contributed by atoms with Crippen LogP contribution in [-0.2, 0) is 6.42 Å². The van der Waals surface area contributed by atoms with Gasteiger partial charge >= 0.3 is 0 Å². The van der Waals surface area contributed by atoms with Crippen molar-refractivity contribution in [2.75, 3.05) is 13.6 Å². The molecule has 0 saturated heterocycles. The number of carbonyl (C=O) groups is 1. The van der Waals surface area contributed by atoms with Gasteiger partial charge in [0.25, 0.3) is 0 Å². The molecule has 0 bridgehead atoms. The van der Waals surface area contributed by atoms with Gasteiger partial charge in [-0.1, -0.05) is 19.9 Å². The standard InChI is InChI=1S/C20H20O5/c1-12(7-14-3-5-16-18(8-14)24-10-22-16)13(2)20(21)15-4-6-17-19(9-15)25-11-23-17/h3-6,8-9,12-13H,7,10-11H2,1-2H3. The molecular formula is C20H20O5. The number of benzene rings is 2. The van der Waals surface area contributed by atoms with Gasteiger partial charge in [0.2, 0.25) is 13.6 Å². The van der Waals surface area contributed by atoms with Crippen molar-refractivity contribution in [3.05, 3.63) is 47.5 Å². The van der Waals surface area contributed by atoms with Crippen LogP contribution in [0.3, 0.4) is 0 Å². The Morgan fingerprint density at radius 1 is 0.880 bits per heavy atom. The summed E-state index contributed by atoms with van der Waals surface area (Å²) in [5, 5.41) is 0. The van der Waals surface area contributed by atoms with Crippen LogP contribution in [0.4, 0.5) is 0 Å². The molecule has 2 aromatic carbocycles. The number of fused-ring (bicyclic) bond motifs is 2. The summed E-state index contributed by atoms with van der Waals surface area (Å²) in [4.78, 5) is 12.8. The summed E-state index contributed by atoms with van der Waals surface area (Å²) in [6.45, 7) is 4.56. The van der Waals surface area contributed by atoms with Crippen LogP contribution in [-0.4, -0.2) is 19.4 Å². The summed E-state index contributed by atoms with van der Waals surface area (Å²) in [7, 11) is 0. The molecule has 0 saturated carbocycles. The topological polar surface area (TPSA) is 54.0 Å². The molecule has 2 aliphatic rings. The monoisotopic (exact) mass is 340 g/mol. The SMILES string of the molecule is CC(Cc1ccc2c(c1)OCO2)C(C)C(=O)c1ccc2c(c1)OCO2. The summed E-state index contributed by atoms with van der Waals surface area (Å²) in [6.07, 6.45) is 0.800. The van der Waals surface area contributed by atoms with Crippen molar-refractivity contribution in [1.82, 2.24) is 0 Å². The number of carbonyl (C=O) groups excluding carboxylic acids is 1. The fraction of sp³-hybridized carbons (Fsp3) is 0.350. The first-order valence-electron chi connectivity index (χ1n) is 8.44. The quantitative estimate of drug-likeness (QED) is 0.774. The predicted octanol–water partition coefficient (Wildman–Crippen LogP) is 3.84. The summed E-state index contributed by atoms with van der Waals surface area (Å²) in [5.74, 6) is 3.09. The van der Waals surface area contributed by atoms with Crippen LogP contribution in [0, 0.1) is 11.8 Å². The van der Waals surface area contributed by atoms with Gasteiger partial charge < -0.3 is 18.9 Å². The van der Waals surface area contributed by atoms with Gasteiger partial charge in [-0.05, 0) is 48.2 Å². The Hall–Kier alpha value is -2.69. The lowest BCUT2D eigenvalue weighted by Crippen LogP contribution is -2.20. The van der Waals surface area contributed by atoms with Crippen LogP contribution in [0.1, 0.15) is 29.8 Å². The van der Waals surface area contributed by atoms with E-state index in [2.05, 4.69) is 6.92 Å². The molecule has 2 heterocycles. The molecule has 0 amide bonds. The Bertz CT molecular complexity index is 814. The van der Waals surface area contributed by atoms with Crippen molar-refractivity contribution in [3.8, 4) is 23.0 Å². The van der Waals surface area contributed by atoms with Gasteiger partial charge in [-0.3, -0.25) is 4.79 Å². The predicted molar refractivity (Wildman–Crippen MR) is 91.5 cm³/mol. The lowest BCUT2D eigenvalue weighted by atomic mass is 9.84. The van der Waals surface area contributed by atoms with Crippen LogP contribution in [0.25, 0.3) is 0 Å². The maximum Gasteiger partial charge on any atom is 0.231 e. The molecule has 0 radical (unpaired) electrons. The molecule has 5 heteroatoms. The van der Waals surface area contributed by atoms with E-state index in [0.717, 1.165) is 23.5 Å². The minimum atomic E-state index is -0.106. The molecular weight excluding hydrogens is 320 g/mol. The third-order valence-corrected chi connectivity index (χ3v) is 4.92. The summed E-state index contributed by atoms with van der Waals surface area (Å²) >= 11 is 0. The van der Waals surface area contributed by atoms with Gasteiger partial charge in [0.05, 0.1) is 0 Å². The van der Waals surface area contributed by atoms with Gasteiger partial charge in [-0.15, -0.1) is 0 Å². The van der Waals surface area contributed by atoms with Crippen molar-refractivity contribution in [3.63, 3.8) is 0 Å². The van der Waals surface area contributed by atoms with Gasteiger partial charge in [-0.2, -0.15) is 0 Å². The molecule has 2 atom stereocenters. The maximum atomic E-state index is 12.8. The first-order chi connectivity index (χ1) is 12.1. The maximum absolute atomic E-state index is 12.8. The Morgan fingerprint density at radius 3 is 2.20 bits per heavy atom. The second-order valence-corrected chi connectivity index (χ2v) is 6.59. The molecule has 4 rings (SSSR count). The Balaban J connectivity index is 1.46. The van der Waals surface area contributed by atoms with E-state index in [1.54, 1.807) is 18.2 Å². The van der Waals surface area contributed by atoms with Crippen LogP contribution in [0.15, 0.2) is 36.4 Å². The summed E-state index contributed by atoms with van der Waals surface area (Å²) in [5.41, 5.74) is 1.80. The van der Waals surface area contributed by atoms with Gasteiger partial charge in [0, 0.05) is 11.5 Å². The molecule has 25 heavy (non-hydrogen) atoms. The van der Waals surface area contributed by atoms with E-state index in [9.17, 15) is 4.79 Å². The first kappa shape index (κ1) is 15.8. The van der Waals surface area contributed by atoms with E-state index in [-0.39, 0.29) is 31.2 Å². The molecule has 0 spiro atoms. The van der Waals surface area contributed by atoms with E-state index < -0.39 is 0 Å². The molecule has 0 aromatic heterocycles. The van der Waals surface area contributed by atoms with Gasteiger partial charge in [0.15, 0.2) is 28.8 Å². The van der Waals surface area contributed by atoms with Crippen molar-refractivity contribution >= 4 is 5.78 Å². The number of ether oxygens (including phenoxy) is 4. The minimum absolute atomic E-state index is 0.106. The molecule has 0 fully saturated rings. The molecule has 0 aliphatic carbocycles. The van der Waals surface area contributed by atoms with Crippen LogP contribution in [0.2, 0.25) is 0 Å². The molecule has 2 aliphatic heterocycles. The first-order valence-corrected chi connectivity index (χ1v) is 8.44. The van der Waals surface area contributed by atoms with Crippen LogP contribution < -0.4 is 18.9 Å². The molecule has 0 N–H and O–H groups in total. The number of hydrogen-bond acceptors (Lipinski definition) is 5. The Labute approximate surface area is 146 Å². The molecule has 5 nitrogen and oxygen atoms in total. The highest BCUT2D eigenvalue weighted by atomic mass is 16.7. The van der Waals surface area contributed by atoms with Crippen molar-refractivity contribution in [2.45, 2.75) is 20.3 Å². The fourth-order valence-corrected chi connectivity index (χ4v) is 3.19. The van der Waals surface area contributed by atoms with E-state index in [1.807, 2.05) is 25.1 Å². The van der Waals surface area contributed by atoms with Crippen molar-refractivity contribution < 1.29 is 23.7 Å². The zero-order valence-corrected chi connectivity index (χ0v) is 14.3.